The molecule has 0 N–H and O–H groups in total. The Morgan fingerprint density at radius 3 is 0.766 bits per heavy atom. The normalized spacial score (nSPS) is 11.1. The predicted molar refractivity (Wildman–Crippen MR) is 268 cm³/mol. The van der Waals surface area contributed by atoms with E-state index in [2.05, 4.69) is 13.8 Å². The maximum Gasteiger partial charge on any atom is 0.341 e. The molecule has 0 aliphatic heterocycles. The van der Waals surface area contributed by atoms with Crippen LogP contribution in [0.3, 0.4) is 0 Å². The van der Waals surface area contributed by atoms with Gasteiger partial charge in [-0.15, -0.1) is 0 Å². The standard InChI is InChI=1S/C56H86N4O4/c1-7-9-11-13-15-17-19-21-23-25-27-29-31-37-43-63-55(61)53-45(3)57-49-39-33-35-41-51(49)59-47(5)54(48(6)60-52-42-36-34-40-50(52)58-46(53)4)56(62)64-44-38-32-30-28-26-24-22-20-18-16-14-12-10-8-2/h33-36,39-42H,7-32,37-38,43-44H2,1-6H3. The molecule has 64 heavy (non-hydrogen) atoms. The zero-order chi connectivity index (χ0) is 46.0. The van der Waals surface area contributed by atoms with Gasteiger partial charge in [0.2, 0.25) is 0 Å². The molecule has 0 saturated carbocycles. The number of hydrogen-bond donors (Lipinski definition) is 0. The molecule has 1 aromatic heterocycles. The molecule has 0 saturated heterocycles. The third kappa shape index (κ3) is 22.1. The number of carbonyl (C=O) groups excluding carboxylic acids is 2. The third-order valence-corrected chi connectivity index (χ3v) is 12.2. The van der Waals surface area contributed by atoms with Crippen LogP contribution in [0.25, 0.3) is 22.1 Å². The third-order valence-electron chi connectivity index (χ3n) is 12.2. The van der Waals surface area contributed by atoms with Crippen LogP contribution in [-0.2, 0) is 9.47 Å². The van der Waals surface area contributed by atoms with Gasteiger partial charge in [-0.1, -0.05) is 205 Å². The SMILES string of the molecule is CCCCCCCCCCCCCCCCOC(=O)c1c(C)nc2ccccc2nc(C)c(C(=O)OCCCCCCCCCCCCCCCC)c(C)nc2ccccc2nc1C. The molecule has 8 heteroatoms. The lowest BCUT2D eigenvalue weighted by Crippen LogP contribution is -2.12. The molecule has 1 heterocycles. The molecule has 0 atom stereocenters. The summed E-state index contributed by atoms with van der Waals surface area (Å²) < 4.78 is 11.8. The van der Waals surface area contributed by atoms with Crippen LogP contribution in [0, 0.1) is 27.7 Å². The second kappa shape index (κ2) is 34.2. The van der Waals surface area contributed by atoms with Crippen molar-refractivity contribution in [2.45, 2.75) is 221 Å². The van der Waals surface area contributed by atoms with Gasteiger partial charge in [0, 0.05) is 0 Å². The van der Waals surface area contributed by atoms with Crippen LogP contribution < -0.4 is 0 Å². The van der Waals surface area contributed by atoms with Gasteiger partial charge < -0.3 is 9.47 Å². The van der Waals surface area contributed by atoms with E-state index < -0.39 is 11.9 Å². The lowest BCUT2D eigenvalue weighted by Gasteiger charge is -2.09. The van der Waals surface area contributed by atoms with E-state index in [9.17, 15) is 9.59 Å². The van der Waals surface area contributed by atoms with Gasteiger partial charge >= 0.3 is 11.9 Å². The summed E-state index contributed by atoms with van der Waals surface area (Å²) in [5, 5.41) is 0. The largest absolute Gasteiger partial charge is 0.462 e. The molecule has 0 spiro atoms. The number of aromatic nitrogens is 4. The van der Waals surface area contributed by atoms with Gasteiger partial charge in [-0.25, -0.2) is 9.59 Å². The zero-order valence-electron chi connectivity index (χ0n) is 41.3. The fraction of sp³-hybridized carbons (Fsp3) is 0.643. The molecule has 0 unspecified atom stereocenters. The van der Waals surface area contributed by atoms with E-state index in [1.54, 1.807) is 0 Å². The molecular formula is C56H86N4O4. The first-order valence-electron chi connectivity index (χ1n) is 25.8. The van der Waals surface area contributed by atoms with Gasteiger partial charge in [0.1, 0.15) is 11.1 Å². The predicted octanol–water partition coefficient (Wildman–Crippen LogP) is 16.3. The van der Waals surface area contributed by atoms with E-state index in [1.807, 2.05) is 76.2 Å². The summed E-state index contributed by atoms with van der Waals surface area (Å²) in [5.74, 6) is -0.897. The van der Waals surface area contributed by atoms with Crippen LogP contribution in [0.5, 0.6) is 0 Å². The highest BCUT2D eigenvalue weighted by atomic mass is 16.5. The van der Waals surface area contributed by atoms with Crippen molar-refractivity contribution < 1.29 is 19.1 Å². The molecule has 0 radical (unpaired) electrons. The first-order valence-corrected chi connectivity index (χ1v) is 25.8. The zero-order valence-corrected chi connectivity index (χ0v) is 41.3. The van der Waals surface area contributed by atoms with Crippen LogP contribution in [0.2, 0.25) is 0 Å². The molecule has 0 bridgehead atoms. The first kappa shape index (κ1) is 54.1. The van der Waals surface area contributed by atoms with Crippen LogP contribution in [-0.4, -0.2) is 45.1 Å². The number of hydrogen-bond acceptors (Lipinski definition) is 8. The van der Waals surface area contributed by atoms with Gasteiger partial charge in [-0.3, -0.25) is 19.9 Å². The van der Waals surface area contributed by atoms with Crippen LogP contribution in [0.4, 0.5) is 0 Å². The second-order valence-electron chi connectivity index (χ2n) is 18.0. The Morgan fingerprint density at radius 1 is 0.344 bits per heavy atom. The van der Waals surface area contributed by atoms with Crippen LogP contribution in [0.15, 0.2) is 48.5 Å². The number of ether oxygens (including phenoxy) is 2. The van der Waals surface area contributed by atoms with E-state index in [4.69, 9.17) is 29.4 Å². The molecule has 354 valence electrons. The number of fused-ring (bicyclic) bond motifs is 2. The molecule has 3 rings (SSSR count). The van der Waals surface area contributed by atoms with Crippen LogP contribution >= 0.6 is 0 Å². The van der Waals surface area contributed by atoms with Gasteiger partial charge in [-0.05, 0) is 64.8 Å². The molecular weight excluding hydrogens is 793 g/mol. The van der Waals surface area contributed by atoms with Crippen molar-refractivity contribution in [1.29, 1.82) is 0 Å². The van der Waals surface area contributed by atoms with Gasteiger partial charge in [0.05, 0.1) is 58.1 Å². The summed E-state index contributed by atoms with van der Waals surface area (Å²) in [4.78, 5) is 47.5. The molecule has 0 aliphatic carbocycles. The molecule has 0 aliphatic rings. The molecule has 3 aromatic rings. The summed E-state index contributed by atoms with van der Waals surface area (Å²) in [6.45, 7) is 12.5. The Balaban J connectivity index is 1.69. The minimum atomic E-state index is -0.448. The number of rotatable bonds is 32. The van der Waals surface area contributed by atoms with Gasteiger partial charge in [-0.2, -0.15) is 0 Å². The molecule has 2 aromatic carbocycles. The van der Waals surface area contributed by atoms with Crippen molar-refractivity contribution in [2.24, 2.45) is 0 Å². The maximum atomic E-state index is 13.9. The molecule has 0 amide bonds. The second-order valence-corrected chi connectivity index (χ2v) is 18.0. The summed E-state index contributed by atoms with van der Waals surface area (Å²) in [5.41, 5.74) is 4.76. The first-order chi connectivity index (χ1) is 31.3. The minimum absolute atomic E-state index is 0.313. The highest BCUT2D eigenvalue weighted by Gasteiger charge is 2.17. The van der Waals surface area contributed by atoms with E-state index in [0.717, 1.165) is 38.5 Å². The lowest BCUT2D eigenvalue weighted by atomic mass is 10.0. The molecule has 0 fully saturated rings. The molecule has 8 nitrogen and oxygen atoms in total. The highest BCUT2D eigenvalue weighted by molar-refractivity contribution is 5.93. The number of unbranched alkanes of at least 4 members (excludes halogenated alkanes) is 26. The van der Waals surface area contributed by atoms with Crippen molar-refractivity contribution in [3.05, 3.63) is 82.4 Å². The highest BCUT2D eigenvalue weighted by Crippen LogP contribution is 2.19. The topological polar surface area (TPSA) is 104 Å². The quantitative estimate of drug-likeness (QED) is 0.0451. The van der Waals surface area contributed by atoms with E-state index in [1.165, 1.54) is 141 Å². The van der Waals surface area contributed by atoms with Crippen molar-refractivity contribution in [1.82, 2.24) is 19.9 Å². The Morgan fingerprint density at radius 2 is 0.547 bits per heavy atom. The lowest BCUT2D eigenvalue weighted by molar-refractivity contribution is 0.0485. The summed E-state index contributed by atoms with van der Waals surface area (Å²) in [6.07, 6.45) is 35.5. The summed E-state index contributed by atoms with van der Waals surface area (Å²) in [6, 6.07) is 15.0. The van der Waals surface area contributed by atoms with Crippen molar-refractivity contribution >= 4 is 34.0 Å². The number of esters is 2. The maximum absolute atomic E-state index is 13.9. The Kier molecular flexibility index (Phi) is 28.9. The smallest absolute Gasteiger partial charge is 0.341 e. The Labute approximate surface area is 388 Å². The number of carbonyl (C=O) groups is 2. The van der Waals surface area contributed by atoms with Crippen molar-refractivity contribution in [3.8, 4) is 0 Å². The Bertz CT molecular complexity index is 1700. The van der Waals surface area contributed by atoms with Gasteiger partial charge in [0.15, 0.2) is 0 Å². The average molecular weight is 879 g/mol. The van der Waals surface area contributed by atoms with Crippen molar-refractivity contribution in [3.63, 3.8) is 0 Å². The Hall–Kier alpha value is -4.20. The number of aryl methyl sites for hydroxylation is 4. The number of nitrogens with zero attached hydrogens (tertiary/aromatic N) is 4. The summed E-state index contributed by atoms with van der Waals surface area (Å²) in [7, 11) is 0. The van der Waals surface area contributed by atoms with Crippen molar-refractivity contribution in [2.75, 3.05) is 13.2 Å². The number of para-hydroxylation sites is 4. The fourth-order valence-electron chi connectivity index (χ4n) is 8.43. The fourth-order valence-corrected chi connectivity index (χ4v) is 8.43. The van der Waals surface area contributed by atoms with E-state index >= 15 is 0 Å². The van der Waals surface area contributed by atoms with E-state index in [-0.39, 0.29) is 0 Å². The monoisotopic (exact) mass is 879 g/mol. The summed E-state index contributed by atoms with van der Waals surface area (Å²) >= 11 is 0. The number of benzene rings is 2. The van der Waals surface area contributed by atoms with Gasteiger partial charge in [0.25, 0.3) is 0 Å². The average Bonchev–Trinajstić information content (AvgIpc) is 3.27. The van der Waals surface area contributed by atoms with E-state index in [0.29, 0.717) is 69.2 Å². The minimum Gasteiger partial charge on any atom is -0.462 e. The van der Waals surface area contributed by atoms with Crippen LogP contribution in [0.1, 0.15) is 237 Å².